The smallest absolute Gasteiger partial charge is 0.358 e. The Morgan fingerprint density at radius 3 is 1.19 bits per heavy atom. The first-order valence-corrected chi connectivity index (χ1v) is 8.08. The van der Waals surface area contributed by atoms with Crippen molar-refractivity contribution >= 4 is 0 Å². The Morgan fingerprint density at radius 2 is 0.903 bits per heavy atom. The van der Waals surface area contributed by atoms with E-state index in [9.17, 15) is 61.5 Å². The summed E-state index contributed by atoms with van der Waals surface area (Å²) in [7, 11) is 0. The first-order valence-electron chi connectivity index (χ1n) is 8.08. The Labute approximate surface area is 193 Å². The van der Waals surface area contributed by atoms with Crippen molar-refractivity contribution in [3.05, 3.63) is 14.4 Å². The third kappa shape index (κ3) is 8.74. The van der Waals surface area contributed by atoms with Gasteiger partial charge < -0.3 is 14.4 Å². The van der Waals surface area contributed by atoms with Gasteiger partial charge in [-0.05, 0) is 18.8 Å². The van der Waals surface area contributed by atoms with E-state index in [1.54, 1.807) is 0 Å². The van der Waals surface area contributed by atoms with Crippen LogP contribution < -0.4 is 0 Å². The number of hydrogen-bond acceptors (Lipinski definition) is 0. The minimum atomic E-state index is -6.34. The molecule has 0 bridgehead atoms. The molecule has 0 rings (SSSR count). The minimum absolute atomic E-state index is 0. The Bertz CT molecular complexity index is 474. The number of alkyl halides is 14. The van der Waals surface area contributed by atoms with E-state index in [1.165, 1.54) is 0 Å². The van der Waals surface area contributed by atoms with Gasteiger partial charge in [0.25, 0.3) is 11.3 Å². The molecule has 0 aliphatic rings. The molecule has 1 unspecified atom stereocenters. The van der Waals surface area contributed by atoms with Gasteiger partial charge in [0.05, 0.1) is 0 Å². The number of hydrogen-bond donors (Lipinski definition) is 0. The van der Waals surface area contributed by atoms with Crippen molar-refractivity contribution in [3.8, 4) is 0 Å². The molecule has 15 heteroatoms. The third-order valence-corrected chi connectivity index (χ3v) is 4.36. The van der Waals surface area contributed by atoms with Crippen LogP contribution in [0.5, 0.6) is 0 Å². The van der Waals surface area contributed by atoms with Gasteiger partial charge in [-0.15, -0.1) is 0 Å². The molecule has 0 aliphatic carbocycles. The topological polar surface area (TPSA) is 0 Å². The number of unbranched alkanes of at least 4 members (excludes halogenated alkanes) is 1. The second kappa shape index (κ2) is 12.0. The van der Waals surface area contributed by atoms with E-state index >= 15 is 0 Å². The first kappa shape index (κ1) is 35.7. The standard InChI is InChI=1S/C15H17F14.CH3.U/c1-2-5-9(8-11(17,14(24,25)26)15(27,28)29)6-3-4-7-10(16,12(18,19)20)13(21,22)23;;/h9H,1-8H2;1H3;/q2*-1;+2. The summed E-state index contributed by atoms with van der Waals surface area (Å²) in [4.78, 5) is 0. The van der Waals surface area contributed by atoms with Gasteiger partial charge in [-0.1, -0.05) is 19.3 Å². The Balaban J connectivity index is -0.00000392. The van der Waals surface area contributed by atoms with Crippen LogP contribution >= 0.6 is 0 Å². The van der Waals surface area contributed by atoms with Crippen molar-refractivity contribution in [2.24, 2.45) is 5.92 Å². The van der Waals surface area contributed by atoms with Crippen LogP contribution in [0.1, 0.15) is 44.9 Å². The molecule has 0 nitrogen and oxygen atoms in total. The Morgan fingerprint density at radius 1 is 0.548 bits per heavy atom. The summed E-state index contributed by atoms with van der Waals surface area (Å²) in [5, 5.41) is 0. The molecule has 0 saturated heterocycles. The van der Waals surface area contributed by atoms with Crippen molar-refractivity contribution < 1.29 is 92.6 Å². The van der Waals surface area contributed by atoms with E-state index in [1.807, 2.05) is 0 Å². The average Bonchev–Trinajstić information content (AvgIpc) is 2.46. The molecular weight excluding hydrogens is 696 g/mol. The summed E-state index contributed by atoms with van der Waals surface area (Å²) in [6.07, 6.45) is -33.1. The van der Waals surface area contributed by atoms with Crippen molar-refractivity contribution in [2.75, 3.05) is 0 Å². The van der Waals surface area contributed by atoms with Crippen LogP contribution in [0.25, 0.3) is 0 Å². The van der Waals surface area contributed by atoms with Crippen LogP contribution in [0.2, 0.25) is 0 Å². The largest absolute Gasteiger partial charge is 2.00 e. The van der Waals surface area contributed by atoms with Crippen LogP contribution in [0.15, 0.2) is 0 Å². The second-order valence-corrected chi connectivity index (χ2v) is 6.55. The fourth-order valence-corrected chi connectivity index (χ4v) is 2.67. The zero-order valence-corrected chi connectivity index (χ0v) is 20.2. The van der Waals surface area contributed by atoms with Gasteiger partial charge >= 0.3 is 55.8 Å². The maximum absolute atomic E-state index is 13.8. The van der Waals surface area contributed by atoms with E-state index in [4.69, 9.17) is 0 Å². The first-order chi connectivity index (χ1) is 12.6. The van der Waals surface area contributed by atoms with Gasteiger partial charge in [0, 0.05) is 6.42 Å². The summed E-state index contributed by atoms with van der Waals surface area (Å²) >= 11 is 0. The van der Waals surface area contributed by atoms with Crippen LogP contribution in [-0.4, -0.2) is 36.0 Å². The summed E-state index contributed by atoms with van der Waals surface area (Å²) < 4.78 is 177. The number of halogens is 14. The fraction of sp³-hybridized carbons (Fsp3) is 0.875. The SMILES string of the molecule is [CH2-]CCC(CCCCC(F)(C(F)(F)F)C(F)(F)F)CC(F)(C(F)(F)F)C(F)(F)F.[CH3-].[U+2]. The molecule has 0 aliphatic heterocycles. The van der Waals surface area contributed by atoms with Crippen LogP contribution in [0.4, 0.5) is 61.5 Å². The second-order valence-electron chi connectivity index (χ2n) is 6.55. The predicted molar refractivity (Wildman–Crippen MR) is 79.5 cm³/mol. The molecule has 0 saturated carbocycles. The summed E-state index contributed by atoms with van der Waals surface area (Å²) in [6.45, 7) is 3.17. The van der Waals surface area contributed by atoms with Crippen molar-refractivity contribution in [2.45, 2.75) is 81.0 Å². The summed E-state index contributed by atoms with van der Waals surface area (Å²) in [5.74, 6) is -1.70. The normalized spacial score (nSPS) is 15.2. The zero-order valence-electron chi connectivity index (χ0n) is 16.0. The van der Waals surface area contributed by atoms with Gasteiger partial charge in [0.1, 0.15) is 0 Å². The molecule has 0 radical (unpaired) electrons. The molecule has 0 spiro atoms. The van der Waals surface area contributed by atoms with Crippen molar-refractivity contribution in [1.29, 1.82) is 0 Å². The Kier molecular flexibility index (Phi) is 13.8. The van der Waals surface area contributed by atoms with Gasteiger partial charge in [-0.2, -0.15) is 59.1 Å². The average molecular weight is 716 g/mol. The van der Waals surface area contributed by atoms with E-state index in [2.05, 4.69) is 6.92 Å². The Hall–Kier alpha value is 0.0719. The predicted octanol–water partition coefficient (Wildman–Crippen LogP) is 8.28. The molecule has 31 heavy (non-hydrogen) atoms. The molecule has 0 amide bonds. The molecule has 0 heterocycles. The molecule has 0 aromatic heterocycles. The van der Waals surface area contributed by atoms with Crippen LogP contribution in [-0.2, 0) is 0 Å². The van der Waals surface area contributed by atoms with Gasteiger partial charge in [0.2, 0.25) is 0 Å². The van der Waals surface area contributed by atoms with Gasteiger partial charge in [0.15, 0.2) is 0 Å². The molecule has 0 fully saturated rings. The van der Waals surface area contributed by atoms with E-state index in [-0.39, 0.29) is 45.0 Å². The minimum Gasteiger partial charge on any atom is -0.358 e. The van der Waals surface area contributed by atoms with E-state index in [0.29, 0.717) is 0 Å². The van der Waals surface area contributed by atoms with Gasteiger partial charge in [-0.3, -0.25) is 0 Å². The molecule has 186 valence electrons. The zero-order chi connectivity index (χ0) is 23.5. The fourth-order valence-electron chi connectivity index (χ4n) is 2.67. The number of rotatable bonds is 9. The van der Waals surface area contributed by atoms with E-state index in [0.717, 1.165) is 0 Å². The summed E-state index contributed by atoms with van der Waals surface area (Å²) in [5.41, 5.74) is -11.2. The van der Waals surface area contributed by atoms with E-state index < -0.39 is 80.5 Å². The monoisotopic (exact) mass is 716 g/mol. The maximum atomic E-state index is 13.8. The molecule has 1 atom stereocenters. The molecule has 0 aromatic rings. The quantitative estimate of drug-likeness (QED) is 0.128. The van der Waals surface area contributed by atoms with Crippen molar-refractivity contribution in [1.82, 2.24) is 0 Å². The van der Waals surface area contributed by atoms with Gasteiger partial charge in [-0.25, -0.2) is 8.78 Å². The summed E-state index contributed by atoms with van der Waals surface area (Å²) in [6, 6.07) is 0. The maximum Gasteiger partial charge on any atom is 2.00 e. The molecule has 0 N–H and O–H groups in total. The van der Waals surface area contributed by atoms with Crippen molar-refractivity contribution in [3.63, 3.8) is 0 Å². The van der Waals surface area contributed by atoms with Crippen LogP contribution in [0, 0.1) is 51.4 Å². The molecule has 0 aromatic carbocycles. The molecular formula is C16H20F14U. The third-order valence-electron chi connectivity index (χ3n) is 4.36. The van der Waals surface area contributed by atoms with Crippen LogP contribution in [0.3, 0.4) is 0 Å².